The van der Waals surface area contributed by atoms with Gasteiger partial charge in [0.15, 0.2) is 0 Å². The van der Waals surface area contributed by atoms with Gasteiger partial charge in [0, 0.05) is 11.1 Å². The van der Waals surface area contributed by atoms with Crippen LogP contribution in [-0.2, 0) is 0 Å². The van der Waals surface area contributed by atoms with E-state index >= 15 is 0 Å². The Morgan fingerprint density at radius 2 is 2.00 bits per heavy atom. The topological polar surface area (TPSA) is 50.8 Å². The molecule has 3 rings (SSSR count). The fourth-order valence-corrected chi connectivity index (χ4v) is 2.41. The summed E-state index contributed by atoms with van der Waals surface area (Å²) >= 11 is 1.69. The van der Waals surface area contributed by atoms with E-state index in [1.54, 1.807) is 31.3 Å². The van der Waals surface area contributed by atoms with Crippen molar-refractivity contribution in [2.45, 2.75) is 4.90 Å². The zero-order chi connectivity index (χ0) is 13.2. The van der Waals surface area contributed by atoms with Gasteiger partial charge in [0.25, 0.3) is 0 Å². The molecule has 0 radical (unpaired) electrons. The second kappa shape index (κ2) is 7.54. The van der Waals surface area contributed by atoms with Crippen LogP contribution in [-0.4, -0.2) is 28.3 Å². The number of hydrogen-bond acceptors (Lipinski definition) is 4. The van der Waals surface area contributed by atoms with Crippen LogP contribution in [0.5, 0.6) is 5.75 Å². The molecular weight excluding hydrogens is 329 g/mol. The third kappa shape index (κ3) is 3.43. The van der Waals surface area contributed by atoms with Crippen molar-refractivity contribution in [3.8, 4) is 17.1 Å². The Morgan fingerprint density at radius 1 is 1.19 bits per heavy atom. The second-order valence-corrected chi connectivity index (χ2v) is 4.92. The van der Waals surface area contributed by atoms with E-state index < -0.39 is 0 Å². The van der Waals surface area contributed by atoms with Crippen LogP contribution in [0.1, 0.15) is 0 Å². The first-order valence-corrected chi connectivity index (χ1v) is 7.06. The van der Waals surface area contributed by atoms with Crippen molar-refractivity contribution in [1.29, 1.82) is 0 Å². The second-order valence-electron chi connectivity index (χ2n) is 4.04. The lowest BCUT2D eigenvalue weighted by Crippen LogP contribution is -1.89. The number of ether oxygens (including phenoxy) is 1. The minimum absolute atomic E-state index is 0. The average molecular weight is 344 g/mol. The molecule has 0 fully saturated rings. The lowest BCUT2D eigenvalue weighted by molar-refractivity contribution is 0.415. The monoisotopic (exact) mass is 343 g/mol. The SMILES string of the molecule is COc1cc(SC)ccc1-c1nc2cnccc2[nH]1.Cl.Cl. The van der Waals surface area contributed by atoms with Crippen molar-refractivity contribution in [3.05, 3.63) is 36.7 Å². The van der Waals surface area contributed by atoms with Crippen LogP contribution >= 0.6 is 36.6 Å². The van der Waals surface area contributed by atoms with E-state index in [0.717, 1.165) is 28.2 Å². The summed E-state index contributed by atoms with van der Waals surface area (Å²) in [5.74, 6) is 1.62. The van der Waals surface area contributed by atoms with E-state index in [1.807, 2.05) is 24.5 Å². The summed E-state index contributed by atoms with van der Waals surface area (Å²) in [7, 11) is 1.67. The van der Waals surface area contributed by atoms with E-state index in [-0.39, 0.29) is 24.8 Å². The number of thioether (sulfide) groups is 1. The van der Waals surface area contributed by atoms with Crippen LogP contribution in [0, 0.1) is 0 Å². The first kappa shape index (κ1) is 17.6. The molecule has 0 bridgehead atoms. The Balaban J connectivity index is 0.00000110. The molecule has 0 saturated heterocycles. The van der Waals surface area contributed by atoms with Crippen LogP contribution in [0.2, 0.25) is 0 Å². The Morgan fingerprint density at radius 3 is 2.67 bits per heavy atom. The molecule has 0 aliphatic heterocycles. The van der Waals surface area contributed by atoms with Gasteiger partial charge in [0.05, 0.1) is 24.4 Å². The summed E-state index contributed by atoms with van der Waals surface area (Å²) in [6.45, 7) is 0. The number of aromatic nitrogens is 3. The number of methoxy groups -OCH3 is 1. The summed E-state index contributed by atoms with van der Waals surface area (Å²) in [6, 6.07) is 8.02. The fourth-order valence-electron chi connectivity index (χ4n) is 1.98. The van der Waals surface area contributed by atoms with Crippen molar-refractivity contribution in [3.63, 3.8) is 0 Å². The Kier molecular flexibility index (Phi) is 6.33. The third-order valence-corrected chi connectivity index (χ3v) is 3.67. The van der Waals surface area contributed by atoms with Crippen molar-refractivity contribution in [2.75, 3.05) is 13.4 Å². The molecule has 0 aliphatic rings. The Bertz CT molecular complexity index is 700. The summed E-state index contributed by atoms with van der Waals surface area (Å²) < 4.78 is 5.45. The van der Waals surface area contributed by atoms with Crippen molar-refractivity contribution < 1.29 is 4.74 Å². The highest BCUT2D eigenvalue weighted by Gasteiger charge is 2.11. The number of imidazole rings is 1. The number of halogens is 2. The molecule has 4 nitrogen and oxygen atoms in total. The van der Waals surface area contributed by atoms with E-state index in [2.05, 4.69) is 21.0 Å². The standard InChI is InChI=1S/C14H13N3OS.2ClH/c1-18-13-7-9(19-2)3-4-10(13)14-16-11-5-6-15-8-12(11)17-14;;/h3-8H,1-2H3,(H,16,17);2*1H. The molecule has 0 amide bonds. The molecule has 21 heavy (non-hydrogen) atoms. The fraction of sp³-hybridized carbons (Fsp3) is 0.143. The van der Waals surface area contributed by atoms with Gasteiger partial charge < -0.3 is 9.72 Å². The highest BCUT2D eigenvalue weighted by molar-refractivity contribution is 7.98. The molecule has 0 unspecified atom stereocenters. The van der Waals surface area contributed by atoms with Crippen LogP contribution in [0.25, 0.3) is 22.4 Å². The van der Waals surface area contributed by atoms with Gasteiger partial charge in [-0.3, -0.25) is 4.98 Å². The maximum Gasteiger partial charge on any atom is 0.142 e. The maximum atomic E-state index is 5.45. The number of nitrogens with one attached hydrogen (secondary N) is 1. The number of H-pyrrole nitrogens is 1. The van der Waals surface area contributed by atoms with Crippen LogP contribution < -0.4 is 4.74 Å². The first-order chi connectivity index (χ1) is 9.31. The van der Waals surface area contributed by atoms with Gasteiger partial charge in [-0.2, -0.15) is 0 Å². The number of aromatic amines is 1. The smallest absolute Gasteiger partial charge is 0.142 e. The van der Waals surface area contributed by atoms with Gasteiger partial charge in [-0.15, -0.1) is 36.6 Å². The minimum atomic E-state index is 0. The molecule has 1 aromatic carbocycles. The van der Waals surface area contributed by atoms with Crippen LogP contribution in [0.15, 0.2) is 41.6 Å². The first-order valence-electron chi connectivity index (χ1n) is 5.84. The summed E-state index contributed by atoms with van der Waals surface area (Å²) in [5, 5.41) is 0. The lowest BCUT2D eigenvalue weighted by Gasteiger charge is -2.07. The number of pyridine rings is 1. The van der Waals surface area contributed by atoms with Crippen molar-refractivity contribution >= 4 is 47.6 Å². The Hall–Kier alpha value is -1.43. The largest absolute Gasteiger partial charge is 0.496 e. The van der Waals surface area contributed by atoms with Crippen molar-refractivity contribution in [2.24, 2.45) is 0 Å². The lowest BCUT2D eigenvalue weighted by atomic mass is 10.2. The predicted octanol–water partition coefficient (Wildman–Crippen LogP) is 4.20. The summed E-state index contributed by atoms with van der Waals surface area (Å²) in [4.78, 5) is 13.1. The van der Waals surface area contributed by atoms with Gasteiger partial charge in [0.1, 0.15) is 17.1 Å². The highest BCUT2D eigenvalue weighted by Crippen LogP contribution is 2.32. The van der Waals surface area contributed by atoms with Gasteiger partial charge in [-0.05, 0) is 30.5 Å². The van der Waals surface area contributed by atoms with E-state index in [0.29, 0.717) is 0 Å². The quantitative estimate of drug-likeness (QED) is 0.724. The number of fused-ring (bicyclic) bond motifs is 1. The number of nitrogens with zero attached hydrogens (tertiary/aromatic N) is 2. The van der Waals surface area contributed by atoms with Gasteiger partial charge >= 0.3 is 0 Å². The molecule has 1 N–H and O–H groups in total. The van der Waals surface area contributed by atoms with Gasteiger partial charge in [-0.1, -0.05) is 0 Å². The molecule has 0 aliphatic carbocycles. The Labute approximate surface area is 139 Å². The summed E-state index contributed by atoms with van der Waals surface area (Å²) in [6.07, 6.45) is 5.54. The maximum absolute atomic E-state index is 5.45. The van der Waals surface area contributed by atoms with Gasteiger partial charge in [-0.25, -0.2) is 4.98 Å². The molecule has 0 atom stereocenters. The number of rotatable bonds is 3. The van der Waals surface area contributed by atoms with E-state index in [1.165, 1.54) is 4.90 Å². The normalized spacial score (nSPS) is 9.81. The minimum Gasteiger partial charge on any atom is -0.496 e. The molecule has 112 valence electrons. The molecule has 2 heterocycles. The third-order valence-electron chi connectivity index (χ3n) is 2.95. The number of hydrogen-bond donors (Lipinski definition) is 1. The van der Waals surface area contributed by atoms with Crippen LogP contribution in [0.3, 0.4) is 0 Å². The number of benzene rings is 1. The van der Waals surface area contributed by atoms with Gasteiger partial charge in [0.2, 0.25) is 0 Å². The van der Waals surface area contributed by atoms with Crippen molar-refractivity contribution in [1.82, 2.24) is 15.0 Å². The van der Waals surface area contributed by atoms with E-state index in [9.17, 15) is 0 Å². The summed E-state index contributed by atoms with van der Waals surface area (Å²) in [5.41, 5.74) is 2.78. The molecule has 3 aromatic rings. The molecule has 2 aromatic heterocycles. The van der Waals surface area contributed by atoms with E-state index in [4.69, 9.17) is 4.74 Å². The zero-order valence-corrected chi connectivity index (χ0v) is 13.9. The van der Waals surface area contributed by atoms with Crippen LogP contribution in [0.4, 0.5) is 0 Å². The molecule has 0 spiro atoms. The zero-order valence-electron chi connectivity index (χ0n) is 11.5. The average Bonchev–Trinajstić information content (AvgIpc) is 2.90. The highest BCUT2D eigenvalue weighted by atomic mass is 35.5. The molecule has 0 saturated carbocycles. The molecular formula is C14H15Cl2N3OS. The predicted molar refractivity (Wildman–Crippen MR) is 92.2 cm³/mol. The molecule has 7 heteroatoms.